The van der Waals surface area contributed by atoms with E-state index in [4.69, 9.17) is 9.47 Å². The highest BCUT2D eigenvalue weighted by Gasteiger charge is 2.17. The van der Waals surface area contributed by atoms with Crippen molar-refractivity contribution in [3.63, 3.8) is 0 Å². The van der Waals surface area contributed by atoms with Crippen LogP contribution in [0.5, 0.6) is 5.75 Å². The number of nitrogens with zero attached hydrogens (tertiary/aromatic N) is 1. The van der Waals surface area contributed by atoms with Crippen LogP contribution in [0.2, 0.25) is 0 Å². The van der Waals surface area contributed by atoms with E-state index >= 15 is 0 Å². The number of aromatic nitrogens is 1. The van der Waals surface area contributed by atoms with Crippen LogP contribution in [0, 0.1) is 18.3 Å². The van der Waals surface area contributed by atoms with Crippen LogP contribution in [0.1, 0.15) is 28.5 Å². The summed E-state index contributed by atoms with van der Waals surface area (Å²) in [6.07, 6.45) is 0. The minimum absolute atomic E-state index is 0.00220. The Hall–Kier alpha value is -3.07. The van der Waals surface area contributed by atoms with Crippen molar-refractivity contribution in [2.45, 2.75) is 13.8 Å². The molecule has 0 radical (unpaired) electrons. The molecule has 2 rings (SSSR count). The number of esters is 1. The monoisotopic (exact) mass is 312 g/mol. The molecule has 118 valence electrons. The first-order chi connectivity index (χ1) is 11.0. The second kappa shape index (κ2) is 6.79. The Kier molecular flexibility index (Phi) is 4.82. The maximum Gasteiger partial charge on any atom is 0.337 e. The summed E-state index contributed by atoms with van der Waals surface area (Å²) < 4.78 is 10.3. The van der Waals surface area contributed by atoms with Gasteiger partial charge in [0.25, 0.3) is 5.56 Å². The molecule has 0 aliphatic heterocycles. The molecule has 0 fully saturated rings. The standard InChI is InChI=1S/C17H16N2O4/c1-4-23-15-8-11(17(21)22-3)5-6-12(15)13-7-10(2)19-16(20)14(13)9-18/h5-8H,4H2,1-3H3,(H,19,20). The normalized spacial score (nSPS) is 10.0. The van der Waals surface area contributed by atoms with E-state index in [2.05, 4.69) is 4.98 Å². The largest absolute Gasteiger partial charge is 0.493 e. The summed E-state index contributed by atoms with van der Waals surface area (Å²) in [6.45, 7) is 3.92. The van der Waals surface area contributed by atoms with Gasteiger partial charge in [-0.2, -0.15) is 5.26 Å². The van der Waals surface area contributed by atoms with E-state index in [1.165, 1.54) is 7.11 Å². The lowest BCUT2D eigenvalue weighted by atomic mass is 9.98. The number of rotatable bonds is 4. The third kappa shape index (κ3) is 3.24. The van der Waals surface area contributed by atoms with Gasteiger partial charge in [0, 0.05) is 16.8 Å². The molecule has 0 amide bonds. The van der Waals surface area contributed by atoms with E-state index in [9.17, 15) is 14.9 Å². The van der Waals surface area contributed by atoms with Crippen molar-refractivity contribution in [2.24, 2.45) is 0 Å². The fourth-order valence-electron chi connectivity index (χ4n) is 2.28. The average Bonchev–Trinajstić information content (AvgIpc) is 2.53. The molecule has 1 aromatic heterocycles. The van der Waals surface area contributed by atoms with Crippen molar-refractivity contribution in [2.75, 3.05) is 13.7 Å². The summed E-state index contributed by atoms with van der Waals surface area (Å²) in [5.74, 6) is -0.0722. The molecule has 6 heteroatoms. The second-order valence-corrected chi connectivity index (χ2v) is 4.82. The van der Waals surface area contributed by atoms with Crippen molar-refractivity contribution in [3.8, 4) is 22.9 Å². The van der Waals surface area contributed by atoms with Gasteiger partial charge >= 0.3 is 5.97 Å². The number of hydrogen-bond acceptors (Lipinski definition) is 5. The van der Waals surface area contributed by atoms with Crippen LogP contribution in [0.4, 0.5) is 0 Å². The number of pyridine rings is 1. The van der Waals surface area contributed by atoms with Gasteiger partial charge in [0.05, 0.1) is 19.3 Å². The highest BCUT2D eigenvalue weighted by atomic mass is 16.5. The fraction of sp³-hybridized carbons (Fsp3) is 0.235. The van der Waals surface area contributed by atoms with Crippen LogP contribution in [-0.2, 0) is 4.74 Å². The van der Waals surface area contributed by atoms with Crippen molar-refractivity contribution in [1.82, 2.24) is 4.98 Å². The zero-order valence-corrected chi connectivity index (χ0v) is 13.1. The number of nitriles is 1. The number of hydrogen-bond donors (Lipinski definition) is 1. The first-order valence-electron chi connectivity index (χ1n) is 7.01. The molecule has 0 aliphatic rings. The Bertz CT molecular complexity index is 847. The lowest BCUT2D eigenvalue weighted by molar-refractivity contribution is 0.0600. The van der Waals surface area contributed by atoms with E-state index < -0.39 is 11.5 Å². The van der Waals surface area contributed by atoms with Crippen molar-refractivity contribution in [1.29, 1.82) is 5.26 Å². The number of H-pyrrole nitrogens is 1. The molecule has 0 unspecified atom stereocenters. The van der Waals surface area contributed by atoms with Gasteiger partial charge in [-0.05, 0) is 38.1 Å². The third-order valence-electron chi connectivity index (χ3n) is 3.27. The summed E-state index contributed by atoms with van der Waals surface area (Å²) in [5, 5.41) is 9.27. The third-order valence-corrected chi connectivity index (χ3v) is 3.27. The Morgan fingerprint density at radius 3 is 2.65 bits per heavy atom. The summed E-state index contributed by atoms with van der Waals surface area (Å²) in [4.78, 5) is 26.2. The first-order valence-corrected chi connectivity index (χ1v) is 7.01. The highest BCUT2D eigenvalue weighted by Crippen LogP contribution is 2.32. The summed E-state index contributed by atoms with van der Waals surface area (Å²) in [7, 11) is 1.30. The molecule has 1 N–H and O–H groups in total. The van der Waals surface area contributed by atoms with Gasteiger partial charge in [-0.15, -0.1) is 0 Å². The number of benzene rings is 1. The van der Waals surface area contributed by atoms with Crippen LogP contribution in [-0.4, -0.2) is 24.7 Å². The van der Waals surface area contributed by atoms with Gasteiger partial charge < -0.3 is 14.5 Å². The highest BCUT2D eigenvalue weighted by molar-refractivity contribution is 5.91. The molecule has 2 aromatic rings. The molecule has 6 nitrogen and oxygen atoms in total. The number of aromatic amines is 1. The molecular weight excluding hydrogens is 296 g/mol. The van der Waals surface area contributed by atoms with E-state index in [0.29, 0.717) is 34.7 Å². The minimum Gasteiger partial charge on any atom is -0.493 e. The average molecular weight is 312 g/mol. The molecular formula is C17H16N2O4. The number of aryl methyl sites for hydroxylation is 1. The molecule has 0 spiro atoms. The predicted molar refractivity (Wildman–Crippen MR) is 84.5 cm³/mol. The lowest BCUT2D eigenvalue weighted by Gasteiger charge is -2.13. The smallest absolute Gasteiger partial charge is 0.337 e. The van der Waals surface area contributed by atoms with Gasteiger partial charge in [-0.1, -0.05) is 0 Å². The molecule has 23 heavy (non-hydrogen) atoms. The Balaban J connectivity index is 2.71. The van der Waals surface area contributed by atoms with Crippen LogP contribution < -0.4 is 10.3 Å². The lowest BCUT2D eigenvalue weighted by Crippen LogP contribution is -2.13. The molecule has 1 heterocycles. The molecule has 0 bridgehead atoms. The Morgan fingerprint density at radius 2 is 2.04 bits per heavy atom. The van der Waals surface area contributed by atoms with Crippen LogP contribution in [0.15, 0.2) is 29.1 Å². The van der Waals surface area contributed by atoms with E-state index in [1.54, 1.807) is 31.2 Å². The van der Waals surface area contributed by atoms with Crippen molar-refractivity contribution < 1.29 is 14.3 Å². The first kappa shape index (κ1) is 16.3. The van der Waals surface area contributed by atoms with Gasteiger partial charge in [0.1, 0.15) is 17.4 Å². The number of carbonyl (C=O) groups is 1. The fourth-order valence-corrected chi connectivity index (χ4v) is 2.28. The van der Waals surface area contributed by atoms with Crippen LogP contribution in [0.25, 0.3) is 11.1 Å². The van der Waals surface area contributed by atoms with Gasteiger partial charge in [-0.3, -0.25) is 4.79 Å². The van der Waals surface area contributed by atoms with Crippen LogP contribution in [0.3, 0.4) is 0 Å². The van der Waals surface area contributed by atoms with E-state index in [0.717, 1.165) is 0 Å². The molecule has 0 saturated heterocycles. The summed E-state index contributed by atoms with van der Waals surface area (Å²) in [6, 6.07) is 8.38. The summed E-state index contributed by atoms with van der Waals surface area (Å²) in [5.41, 5.74) is 1.55. The number of carbonyl (C=O) groups excluding carboxylic acids is 1. The van der Waals surface area contributed by atoms with Crippen molar-refractivity contribution in [3.05, 3.63) is 51.4 Å². The minimum atomic E-state index is -0.486. The van der Waals surface area contributed by atoms with Gasteiger partial charge in [0.15, 0.2) is 0 Å². The summed E-state index contributed by atoms with van der Waals surface area (Å²) >= 11 is 0. The molecule has 0 aliphatic carbocycles. The zero-order chi connectivity index (χ0) is 17.0. The molecule has 0 atom stereocenters. The van der Waals surface area contributed by atoms with Gasteiger partial charge in [0.2, 0.25) is 0 Å². The maximum absolute atomic E-state index is 12.0. The molecule has 0 saturated carbocycles. The van der Waals surface area contributed by atoms with E-state index in [1.807, 2.05) is 13.0 Å². The van der Waals surface area contributed by atoms with Crippen molar-refractivity contribution >= 4 is 5.97 Å². The SMILES string of the molecule is CCOc1cc(C(=O)OC)ccc1-c1cc(C)[nH]c(=O)c1C#N. The maximum atomic E-state index is 12.0. The Labute approximate surface area is 133 Å². The quantitative estimate of drug-likeness (QED) is 0.875. The predicted octanol–water partition coefficient (Wildman–Crippen LogP) is 2.41. The topological polar surface area (TPSA) is 92.2 Å². The van der Waals surface area contributed by atoms with E-state index in [-0.39, 0.29) is 5.56 Å². The van der Waals surface area contributed by atoms with Crippen LogP contribution >= 0.6 is 0 Å². The molecule has 1 aromatic carbocycles. The second-order valence-electron chi connectivity index (χ2n) is 4.82. The number of nitrogens with one attached hydrogen (secondary N) is 1. The van der Waals surface area contributed by atoms with Gasteiger partial charge in [-0.25, -0.2) is 4.79 Å². The zero-order valence-electron chi connectivity index (χ0n) is 13.1. The number of methoxy groups -OCH3 is 1. The number of ether oxygens (including phenoxy) is 2. The Morgan fingerprint density at radius 1 is 1.30 bits per heavy atom.